The average Bonchev–Trinajstić information content (AvgIpc) is 2.97. The van der Waals surface area contributed by atoms with E-state index in [4.69, 9.17) is 12.2 Å². The van der Waals surface area contributed by atoms with E-state index < -0.39 is 9.84 Å². The van der Waals surface area contributed by atoms with E-state index in [2.05, 4.69) is 15.9 Å². The van der Waals surface area contributed by atoms with Crippen LogP contribution in [0.3, 0.4) is 0 Å². The van der Waals surface area contributed by atoms with Gasteiger partial charge in [-0.1, -0.05) is 40.2 Å². The highest BCUT2D eigenvalue weighted by Crippen LogP contribution is 2.39. The van der Waals surface area contributed by atoms with Crippen molar-refractivity contribution in [3.8, 4) is 0 Å². The number of anilines is 2. The van der Waals surface area contributed by atoms with Gasteiger partial charge in [0.1, 0.15) is 0 Å². The van der Waals surface area contributed by atoms with E-state index >= 15 is 0 Å². The molecule has 25 heavy (non-hydrogen) atoms. The van der Waals surface area contributed by atoms with E-state index in [0.717, 1.165) is 21.4 Å². The number of rotatable bonds is 2. The number of thiocarbonyl (C=S) groups is 1. The average molecular weight is 437 g/mol. The van der Waals surface area contributed by atoms with Gasteiger partial charge in [0.15, 0.2) is 14.9 Å². The SMILES string of the molecule is Cc1ccccc1N1C(=S)N(c2cccc(Br)c2)C2CS(=O)(=O)CC21. The summed E-state index contributed by atoms with van der Waals surface area (Å²) in [5, 5.41) is 0.664. The number of para-hydroxylation sites is 1. The predicted octanol–water partition coefficient (Wildman–Crippen LogP) is 3.53. The number of sulfone groups is 1. The summed E-state index contributed by atoms with van der Waals surface area (Å²) in [4.78, 5) is 4.03. The Morgan fingerprint density at radius 2 is 1.72 bits per heavy atom. The monoisotopic (exact) mass is 436 g/mol. The number of hydrogen-bond acceptors (Lipinski definition) is 3. The lowest BCUT2D eigenvalue weighted by atomic mass is 10.1. The minimum atomic E-state index is -3.09. The Balaban J connectivity index is 1.84. The molecule has 0 N–H and O–H groups in total. The van der Waals surface area contributed by atoms with Crippen molar-refractivity contribution in [2.24, 2.45) is 0 Å². The molecule has 2 aliphatic heterocycles. The highest BCUT2D eigenvalue weighted by atomic mass is 79.9. The van der Waals surface area contributed by atoms with Crippen LogP contribution in [0.1, 0.15) is 5.56 Å². The molecule has 2 aromatic rings. The third kappa shape index (κ3) is 2.88. The van der Waals surface area contributed by atoms with Crippen molar-refractivity contribution >= 4 is 54.5 Å². The largest absolute Gasteiger partial charge is 0.312 e. The van der Waals surface area contributed by atoms with Gasteiger partial charge in [-0.15, -0.1) is 0 Å². The lowest BCUT2D eigenvalue weighted by Gasteiger charge is -2.27. The molecule has 2 unspecified atom stereocenters. The van der Waals surface area contributed by atoms with Gasteiger partial charge >= 0.3 is 0 Å². The Morgan fingerprint density at radius 1 is 1.04 bits per heavy atom. The van der Waals surface area contributed by atoms with Gasteiger partial charge in [-0.3, -0.25) is 0 Å². The van der Waals surface area contributed by atoms with Gasteiger partial charge in [0.25, 0.3) is 0 Å². The summed E-state index contributed by atoms with van der Waals surface area (Å²) in [6.45, 7) is 2.03. The molecule has 2 atom stereocenters. The summed E-state index contributed by atoms with van der Waals surface area (Å²) in [6, 6.07) is 15.5. The molecule has 0 aliphatic carbocycles. The van der Waals surface area contributed by atoms with E-state index in [9.17, 15) is 8.42 Å². The van der Waals surface area contributed by atoms with E-state index in [1.54, 1.807) is 0 Å². The van der Waals surface area contributed by atoms with Gasteiger partial charge in [0.2, 0.25) is 0 Å². The first-order valence-electron chi connectivity index (χ1n) is 8.01. The van der Waals surface area contributed by atoms with Crippen molar-refractivity contribution in [2.75, 3.05) is 21.3 Å². The molecule has 2 heterocycles. The van der Waals surface area contributed by atoms with Crippen LogP contribution < -0.4 is 9.80 Å². The van der Waals surface area contributed by atoms with Crippen LogP contribution in [0.5, 0.6) is 0 Å². The summed E-state index contributed by atoms with van der Waals surface area (Å²) >= 11 is 9.29. The van der Waals surface area contributed by atoms with Gasteiger partial charge in [0.05, 0.1) is 23.6 Å². The normalized spacial score (nSPS) is 24.6. The Morgan fingerprint density at radius 3 is 2.40 bits per heavy atom. The van der Waals surface area contributed by atoms with Crippen LogP contribution in [-0.4, -0.2) is 37.1 Å². The summed E-state index contributed by atoms with van der Waals surface area (Å²) in [5.41, 5.74) is 2.99. The molecular formula is C18H17BrN2O2S2. The van der Waals surface area contributed by atoms with Gasteiger partial charge in [-0.05, 0) is 49.0 Å². The standard InChI is InChI=1S/C18H17BrN2O2S2/c1-12-5-2-3-8-15(12)21-17-11-25(22,23)10-16(17)20(18(21)24)14-7-4-6-13(19)9-14/h2-9,16-17H,10-11H2,1H3. The molecule has 0 aromatic heterocycles. The Bertz CT molecular complexity index is 961. The Hall–Kier alpha value is -1.44. The lowest BCUT2D eigenvalue weighted by Crippen LogP contribution is -2.38. The van der Waals surface area contributed by atoms with Gasteiger partial charge in [-0.25, -0.2) is 8.42 Å². The molecule has 2 aliphatic rings. The first-order chi connectivity index (χ1) is 11.9. The Kier molecular flexibility index (Phi) is 4.13. The van der Waals surface area contributed by atoms with Gasteiger partial charge in [0, 0.05) is 15.8 Å². The Labute approximate surface area is 161 Å². The summed E-state index contributed by atoms with van der Waals surface area (Å²) in [6.07, 6.45) is 0. The molecule has 0 bridgehead atoms. The second-order valence-corrected chi connectivity index (χ2v) is 9.94. The molecule has 0 radical (unpaired) electrons. The van der Waals surface area contributed by atoms with Crippen LogP contribution in [0.25, 0.3) is 0 Å². The van der Waals surface area contributed by atoms with Crippen LogP contribution in [0.4, 0.5) is 11.4 Å². The number of nitrogens with zero attached hydrogens (tertiary/aromatic N) is 2. The summed E-state index contributed by atoms with van der Waals surface area (Å²) in [7, 11) is -3.09. The van der Waals surface area contributed by atoms with Crippen molar-refractivity contribution in [1.82, 2.24) is 0 Å². The highest BCUT2D eigenvalue weighted by molar-refractivity contribution is 9.10. The van der Waals surface area contributed by atoms with Crippen LogP contribution in [-0.2, 0) is 9.84 Å². The summed E-state index contributed by atoms with van der Waals surface area (Å²) in [5.74, 6) is 0.267. The van der Waals surface area contributed by atoms with Crippen molar-refractivity contribution in [3.63, 3.8) is 0 Å². The number of aryl methyl sites for hydroxylation is 1. The minimum Gasteiger partial charge on any atom is -0.312 e. The fraction of sp³-hybridized carbons (Fsp3) is 0.278. The molecule has 4 rings (SSSR count). The van der Waals surface area contributed by atoms with Crippen LogP contribution in [0.15, 0.2) is 53.0 Å². The van der Waals surface area contributed by atoms with Gasteiger partial charge in [-0.2, -0.15) is 0 Å². The van der Waals surface area contributed by atoms with E-state index in [1.807, 2.05) is 65.3 Å². The zero-order chi connectivity index (χ0) is 17.8. The van der Waals surface area contributed by atoms with Crippen LogP contribution >= 0.6 is 28.1 Å². The van der Waals surface area contributed by atoms with E-state index in [1.165, 1.54) is 0 Å². The summed E-state index contributed by atoms with van der Waals surface area (Å²) < 4.78 is 25.6. The highest BCUT2D eigenvalue weighted by Gasteiger charge is 2.52. The molecule has 0 amide bonds. The van der Waals surface area contributed by atoms with Crippen molar-refractivity contribution in [3.05, 3.63) is 58.6 Å². The van der Waals surface area contributed by atoms with Gasteiger partial charge < -0.3 is 9.80 Å². The maximum atomic E-state index is 12.4. The fourth-order valence-electron chi connectivity index (χ4n) is 3.75. The maximum absolute atomic E-state index is 12.4. The predicted molar refractivity (Wildman–Crippen MR) is 109 cm³/mol. The molecular weight excluding hydrogens is 420 g/mol. The van der Waals surface area contributed by atoms with Crippen molar-refractivity contribution in [1.29, 1.82) is 0 Å². The zero-order valence-corrected chi connectivity index (χ0v) is 16.8. The number of fused-ring (bicyclic) bond motifs is 1. The maximum Gasteiger partial charge on any atom is 0.181 e. The molecule has 0 saturated carbocycles. The fourth-order valence-corrected chi connectivity index (χ4v) is 6.53. The molecule has 130 valence electrons. The van der Waals surface area contributed by atoms with Crippen LogP contribution in [0.2, 0.25) is 0 Å². The van der Waals surface area contributed by atoms with Crippen molar-refractivity contribution in [2.45, 2.75) is 19.0 Å². The lowest BCUT2D eigenvalue weighted by molar-refractivity contribution is 0.601. The third-order valence-electron chi connectivity index (χ3n) is 4.83. The number of hydrogen-bond donors (Lipinski definition) is 0. The molecule has 2 fully saturated rings. The van der Waals surface area contributed by atoms with E-state index in [0.29, 0.717) is 5.11 Å². The van der Waals surface area contributed by atoms with E-state index in [-0.39, 0.29) is 23.6 Å². The second kappa shape index (κ2) is 6.07. The second-order valence-electron chi connectivity index (χ2n) is 6.50. The van der Waals surface area contributed by atoms with Crippen LogP contribution in [0, 0.1) is 6.92 Å². The third-order valence-corrected chi connectivity index (χ3v) is 7.42. The first-order valence-corrected chi connectivity index (χ1v) is 11.0. The number of benzene rings is 2. The molecule has 2 saturated heterocycles. The molecule has 7 heteroatoms. The molecule has 0 spiro atoms. The topological polar surface area (TPSA) is 40.6 Å². The quantitative estimate of drug-likeness (QED) is 0.673. The molecule has 4 nitrogen and oxygen atoms in total. The van der Waals surface area contributed by atoms with Crippen molar-refractivity contribution < 1.29 is 8.42 Å². The zero-order valence-electron chi connectivity index (χ0n) is 13.6. The number of halogens is 1. The first kappa shape index (κ1) is 17.0. The molecule has 2 aromatic carbocycles. The minimum absolute atomic E-state index is 0.132. The smallest absolute Gasteiger partial charge is 0.181 e.